The van der Waals surface area contributed by atoms with E-state index in [0.717, 1.165) is 25.7 Å². The Kier molecular flexibility index (Phi) is 3.95. The Bertz CT molecular complexity index is 394. The van der Waals surface area contributed by atoms with Gasteiger partial charge in [-0.25, -0.2) is 4.79 Å². The number of carbonyl (C=O) groups excluding carboxylic acids is 2. The largest absolute Gasteiger partial charge is 0.459 e. The molecule has 0 unspecified atom stereocenters. The maximum Gasteiger partial charge on any atom is 0.411 e. The number of carbonyl (C=O) groups is 2. The molecule has 6 nitrogen and oxygen atoms in total. The Balaban J connectivity index is 1.91. The van der Waals surface area contributed by atoms with Gasteiger partial charge in [-0.05, 0) is 46.5 Å². The van der Waals surface area contributed by atoms with Gasteiger partial charge in [-0.3, -0.25) is 9.69 Å². The van der Waals surface area contributed by atoms with E-state index in [2.05, 4.69) is 0 Å². The maximum absolute atomic E-state index is 11.9. The van der Waals surface area contributed by atoms with Crippen LogP contribution in [-0.2, 0) is 14.3 Å². The van der Waals surface area contributed by atoms with E-state index in [1.165, 1.54) is 4.90 Å². The molecule has 0 aromatic heterocycles. The highest BCUT2D eigenvalue weighted by atomic mass is 16.6. The van der Waals surface area contributed by atoms with E-state index in [1.54, 1.807) is 20.8 Å². The van der Waals surface area contributed by atoms with Crippen molar-refractivity contribution < 1.29 is 19.1 Å². The van der Waals surface area contributed by atoms with E-state index in [-0.39, 0.29) is 12.6 Å². The molecule has 1 heterocycles. The first-order valence-corrected chi connectivity index (χ1v) is 7.14. The van der Waals surface area contributed by atoms with Crippen molar-refractivity contribution in [2.45, 2.75) is 63.7 Å². The zero-order chi connectivity index (χ0) is 15.0. The molecule has 1 spiro atoms. The minimum absolute atomic E-state index is 0.0517. The van der Waals surface area contributed by atoms with Gasteiger partial charge in [0.1, 0.15) is 17.7 Å². The second kappa shape index (κ2) is 5.24. The summed E-state index contributed by atoms with van der Waals surface area (Å²) in [6.07, 6.45) is 2.82. The second-order valence-electron chi connectivity index (χ2n) is 6.83. The smallest absolute Gasteiger partial charge is 0.411 e. The van der Waals surface area contributed by atoms with Crippen LogP contribution in [0, 0.1) is 0 Å². The Labute approximate surface area is 119 Å². The van der Waals surface area contributed by atoms with Crippen molar-refractivity contribution in [2.75, 3.05) is 13.1 Å². The van der Waals surface area contributed by atoms with Gasteiger partial charge in [-0.2, -0.15) is 0 Å². The van der Waals surface area contributed by atoms with Gasteiger partial charge >= 0.3 is 12.1 Å². The molecule has 0 radical (unpaired) electrons. The first-order chi connectivity index (χ1) is 9.19. The summed E-state index contributed by atoms with van der Waals surface area (Å²) in [6, 6.07) is 0.194. The number of nitrogens with two attached hydrogens (primary N) is 1. The summed E-state index contributed by atoms with van der Waals surface area (Å²) in [5.74, 6) is -0.404. The summed E-state index contributed by atoms with van der Waals surface area (Å²) in [5, 5.41) is 0. The first-order valence-electron chi connectivity index (χ1n) is 7.14. The predicted octanol–water partition coefficient (Wildman–Crippen LogP) is 1.42. The Hall–Kier alpha value is -1.30. The topological polar surface area (TPSA) is 81.9 Å². The molecular formula is C14H24N2O4. The van der Waals surface area contributed by atoms with E-state index < -0.39 is 23.3 Å². The Morgan fingerprint density at radius 3 is 2.60 bits per heavy atom. The number of ether oxygens (including phenoxy) is 2. The van der Waals surface area contributed by atoms with Crippen LogP contribution in [0.2, 0.25) is 0 Å². The lowest BCUT2D eigenvalue weighted by Gasteiger charge is -2.33. The molecule has 1 aliphatic carbocycles. The molecule has 2 N–H and O–H groups in total. The third kappa shape index (κ3) is 3.62. The SMILES string of the molecule is CC(C)(C)OC(=O)CN1CC2(CCC(N)CC2)OC1=O. The molecule has 0 bridgehead atoms. The van der Waals surface area contributed by atoms with Crippen LogP contribution < -0.4 is 5.73 Å². The van der Waals surface area contributed by atoms with Gasteiger partial charge in [0.05, 0.1) is 6.54 Å². The van der Waals surface area contributed by atoms with Gasteiger partial charge in [0.2, 0.25) is 0 Å². The van der Waals surface area contributed by atoms with Crippen molar-refractivity contribution in [1.29, 1.82) is 0 Å². The summed E-state index contributed by atoms with van der Waals surface area (Å²) in [4.78, 5) is 25.1. The highest BCUT2D eigenvalue weighted by Gasteiger charge is 2.47. The number of rotatable bonds is 2. The monoisotopic (exact) mass is 284 g/mol. The fourth-order valence-corrected chi connectivity index (χ4v) is 2.77. The molecule has 0 aromatic carbocycles. The van der Waals surface area contributed by atoms with Crippen molar-refractivity contribution in [3.05, 3.63) is 0 Å². The predicted molar refractivity (Wildman–Crippen MR) is 73.1 cm³/mol. The molecule has 0 aromatic rings. The van der Waals surface area contributed by atoms with Crippen LogP contribution in [0.1, 0.15) is 46.5 Å². The molecule has 2 rings (SSSR count). The molecule has 6 heteroatoms. The standard InChI is InChI=1S/C14H24N2O4/c1-13(2,3)19-11(17)8-16-9-14(20-12(16)18)6-4-10(15)5-7-14/h10H,4-9,15H2,1-3H3. The molecule has 1 amide bonds. The fourth-order valence-electron chi connectivity index (χ4n) is 2.77. The quantitative estimate of drug-likeness (QED) is 0.775. The van der Waals surface area contributed by atoms with Crippen molar-refractivity contribution in [3.63, 3.8) is 0 Å². The summed E-state index contributed by atoms with van der Waals surface area (Å²) in [7, 11) is 0. The van der Waals surface area contributed by atoms with Crippen LogP contribution in [0.3, 0.4) is 0 Å². The zero-order valence-corrected chi connectivity index (χ0v) is 12.5. The molecule has 1 saturated heterocycles. The number of hydrogen-bond acceptors (Lipinski definition) is 5. The number of nitrogens with zero attached hydrogens (tertiary/aromatic N) is 1. The molecule has 1 saturated carbocycles. The van der Waals surface area contributed by atoms with Crippen LogP contribution in [0.15, 0.2) is 0 Å². The van der Waals surface area contributed by atoms with E-state index in [0.29, 0.717) is 6.54 Å². The maximum atomic E-state index is 11.9. The number of hydrogen-bond donors (Lipinski definition) is 1. The average Bonchev–Trinajstić information content (AvgIpc) is 2.58. The first kappa shape index (κ1) is 15.1. The van der Waals surface area contributed by atoms with Crippen LogP contribution in [-0.4, -0.2) is 47.3 Å². The van der Waals surface area contributed by atoms with E-state index in [9.17, 15) is 9.59 Å². The van der Waals surface area contributed by atoms with Crippen molar-refractivity contribution in [1.82, 2.24) is 4.90 Å². The third-order valence-electron chi connectivity index (χ3n) is 3.72. The van der Waals surface area contributed by atoms with Gasteiger partial charge in [0.15, 0.2) is 0 Å². The van der Waals surface area contributed by atoms with Gasteiger partial charge in [-0.15, -0.1) is 0 Å². The van der Waals surface area contributed by atoms with Gasteiger partial charge in [-0.1, -0.05) is 0 Å². The van der Waals surface area contributed by atoms with Crippen molar-refractivity contribution in [2.24, 2.45) is 5.73 Å². The molecular weight excluding hydrogens is 260 g/mol. The summed E-state index contributed by atoms with van der Waals surface area (Å²) in [5.41, 5.74) is 4.88. The second-order valence-corrected chi connectivity index (χ2v) is 6.83. The van der Waals surface area contributed by atoms with E-state index in [4.69, 9.17) is 15.2 Å². The highest BCUT2D eigenvalue weighted by molar-refractivity contribution is 5.79. The lowest BCUT2D eigenvalue weighted by atomic mass is 9.82. The van der Waals surface area contributed by atoms with Crippen molar-refractivity contribution in [3.8, 4) is 0 Å². The lowest BCUT2D eigenvalue weighted by molar-refractivity contribution is -0.155. The summed E-state index contributed by atoms with van der Waals surface area (Å²) >= 11 is 0. The van der Waals surface area contributed by atoms with E-state index in [1.807, 2.05) is 0 Å². The molecule has 2 aliphatic rings. The zero-order valence-electron chi connectivity index (χ0n) is 12.5. The van der Waals surface area contributed by atoms with Crippen LogP contribution in [0.25, 0.3) is 0 Å². The molecule has 114 valence electrons. The van der Waals surface area contributed by atoms with Gasteiger partial charge in [0.25, 0.3) is 0 Å². The van der Waals surface area contributed by atoms with Gasteiger partial charge in [0, 0.05) is 6.04 Å². The number of amides is 1. The minimum Gasteiger partial charge on any atom is -0.459 e. The molecule has 0 atom stereocenters. The average molecular weight is 284 g/mol. The van der Waals surface area contributed by atoms with Gasteiger partial charge < -0.3 is 15.2 Å². The number of esters is 1. The van der Waals surface area contributed by atoms with Crippen LogP contribution in [0.5, 0.6) is 0 Å². The molecule has 2 fully saturated rings. The minimum atomic E-state index is -0.546. The van der Waals surface area contributed by atoms with E-state index >= 15 is 0 Å². The lowest BCUT2D eigenvalue weighted by Crippen LogP contribution is -2.43. The summed E-state index contributed by atoms with van der Waals surface area (Å²) in [6.45, 7) is 5.81. The van der Waals surface area contributed by atoms with Crippen LogP contribution in [0.4, 0.5) is 4.79 Å². The normalized spacial score (nSPS) is 30.5. The van der Waals surface area contributed by atoms with Crippen LogP contribution >= 0.6 is 0 Å². The fraction of sp³-hybridized carbons (Fsp3) is 0.857. The molecule has 1 aliphatic heterocycles. The third-order valence-corrected chi connectivity index (χ3v) is 3.72. The summed E-state index contributed by atoms with van der Waals surface area (Å²) < 4.78 is 10.7. The molecule has 20 heavy (non-hydrogen) atoms. The highest BCUT2D eigenvalue weighted by Crippen LogP contribution is 2.36. The Morgan fingerprint density at radius 2 is 2.05 bits per heavy atom. The van der Waals surface area contributed by atoms with Crippen molar-refractivity contribution >= 4 is 12.1 Å². The Morgan fingerprint density at radius 1 is 1.45 bits per heavy atom.